The van der Waals surface area contributed by atoms with E-state index >= 15 is 0 Å². The van der Waals surface area contributed by atoms with Crippen LogP contribution in [-0.4, -0.2) is 15.8 Å². The number of aromatic nitrogens is 1. The van der Waals surface area contributed by atoms with Crippen molar-refractivity contribution in [2.75, 3.05) is 0 Å². The van der Waals surface area contributed by atoms with E-state index in [1.54, 1.807) is 17.2 Å². The number of carbonyl (C=O) groups is 1. The van der Waals surface area contributed by atoms with Crippen LogP contribution in [0.25, 0.3) is 0 Å². The van der Waals surface area contributed by atoms with Crippen molar-refractivity contribution in [2.45, 2.75) is 26.6 Å². The van der Waals surface area contributed by atoms with Gasteiger partial charge in [-0.2, -0.15) is 0 Å². The van der Waals surface area contributed by atoms with Gasteiger partial charge in [-0.1, -0.05) is 30.3 Å². The molecule has 0 aliphatic carbocycles. The van der Waals surface area contributed by atoms with Crippen molar-refractivity contribution in [3.8, 4) is 5.75 Å². The molecule has 4 aromatic rings. The van der Waals surface area contributed by atoms with Crippen molar-refractivity contribution in [1.82, 2.24) is 9.88 Å². The maximum atomic E-state index is 13.3. The molecule has 0 aliphatic rings. The highest BCUT2D eigenvalue weighted by atomic mass is 32.1. The maximum Gasteiger partial charge on any atom is 0.264 e. The lowest BCUT2D eigenvalue weighted by Crippen LogP contribution is -2.29. The number of amides is 1. The molecule has 4 rings (SSSR count). The van der Waals surface area contributed by atoms with E-state index in [9.17, 15) is 9.18 Å². The Morgan fingerprint density at radius 1 is 0.969 bits per heavy atom. The summed E-state index contributed by atoms with van der Waals surface area (Å²) in [6.45, 7) is 3.16. The van der Waals surface area contributed by atoms with Crippen molar-refractivity contribution in [3.05, 3.63) is 117 Å². The zero-order chi connectivity index (χ0) is 22.3. The zero-order valence-electron chi connectivity index (χ0n) is 17.7. The molecule has 0 N–H and O–H groups in total. The first kappa shape index (κ1) is 21.7. The van der Waals surface area contributed by atoms with Crippen LogP contribution in [0.4, 0.5) is 4.39 Å². The fourth-order valence-corrected chi connectivity index (χ4v) is 4.13. The molecular weight excluding hydrogens is 423 g/mol. The van der Waals surface area contributed by atoms with Crippen LogP contribution in [0.15, 0.2) is 85.1 Å². The normalized spacial score (nSPS) is 10.7. The van der Waals surface area contributed by atoms with Crippen LogP contribution in [0.5, 0.6) is 5.75 Å². The van der Waals surface area contributed by atoms with Crippen molar-refractivity contribution >= 4 is 17.2 Å². The minimum absolute atomic E-state index is 0.0137. The highest BCUT2D eigenvalue weighted by molar-refractivity contribution is 7.13. The molecule has 0 spiro atoms. The van der Waals surface area contributed by atoms with Crippen LogP contribution in [0, 0.1) is 12.7 Å². The smallest absolute Gasteiger partial charge is 0.264 e. The summed E-state index contributed by atoms with van der Waals surface area (Å²) in [5.41, 5.74) is 2.59. The average Bonchev–Trinajstić information content (AvgIpc) is 3.25. The molecular formula is C26H23FN2O2S. The molecule has 4 nitrogen and oxygen atoms in total. The van der Waals surface area contributed by atoms with Crippen molar-refractivity contribution in [3.63, 3.8) is 0 Å². The highest BCUT2D eigenvalue weighted by Gasteiger charge is 2.19. The Hall–Kier alpha value is -3.51. The fourth-order valence-electron chi connectivity index (χ4n) is 3.30. The SMILES string of the molecule is Cc1ccc(C(=O)N(Cc2ccc(OCc3cccc(F)c3)cc2)Cc2ccccn2)s1. The first-order chi connectivity index (χ1) is 15.6. The minimum atomic E-state index is -0.278. The van der Waals surface area contributed by atoms with E-state index in [1.807, 2.05) is 67.6 Å². The molecule has 0 bridgehead atoms. The highest BCUT2D eigenvalue weighted by Crippen LogP contribution is 2.21. The Bertz CT molecular complexity index is 1180. The van der Waals surface area contributed by atoms with E-state index in [1.165, 1.54) is 23.5 Å². The van der Waals surface area contributed by atoms with Crippen LogP contribution in [0.2, 0.25) is 0 Å². The quantitative estimate of drug-likeness (QED) is 0.333. The molecule has 0 saturated carbocycles. The van der Waals surface area contributed by atoms with Gasteiger partial charge in [0.15, 0.2) is 0 Å². The van der Waals surface area contributed by atoms with Crippen LogP contribution >= 0.6 is 11.3 Å². The maximum absolute atomic E-state index is 13.3. The lowest BCUT2D eigenvalue weighted by molar-refractivity contribution is 0.0733. The van der Waals surface area contributed by atoms with Gasteiger partial charge in [0.05, 0.1) is 17.1 Å². The number of benzene rings is 2. The topological polar surface area (TPSA) is 42.4 Å². The fraction of sp³-hybridized carbons (Fsp3) is 0.154. The summed E-state index contributed by atoms with van der Waals surface area (Å²) in [7, 11) is 0. The standard InChI is InChI=1S/C26H23FN2O2S/c1-19-8-13-25(32-19)26(30)29(17-23-7-2-3-14-28-23)16-20-9-11-24(12-10-20)31-18-21-5-4-6-22(27)15-21/h2-15H,16-18H2,1H3. The van der Waals surface area contributed by atoms with Crippen LogP contribution in [0.3, 0.4) is 0 Å². The summed E-state index contributed by atoms with van der Waals surface area (Å²) in [5, 5.41) is 0. The second kappa shape index (κ2) is 10.2. The van der Waals surface area contributed by atoms with Gasteiger partial charge in [-0.15, -0.1) is 11.3 Å². The van der Waals surface area contributed by atoms with Gasteiger partial charge < -0.3 is 9.64 Å². The minimum Gasteiger partial charge on any atom is -0.489 e. The summed E-state index contributed by atoms with van der Waals surface area (Å²) in [5.74, 6) is 0.398. The van der Waals surface area contributed by atoms with Gasteiger partial charge in [-0.05, 0) is 66.6 Å². The zero-order valence-corrected chi connectivity index (χ0v) is 18.5. The number of thiophene rings is 1. The predicted octanol–water partition coefficient (Wildman–Crippen LogP) is 6.01. The van der Waals surface area contributed by atoms with Gasteiger partial charge in [-0.3, -0.25) is 9.78 Å². The van der Waals surface area contributed by atoms with Gasteiger partial charge >= 0.3 is 0 Å². The van der Waals surface area contributed by atoms with Crippen molar-refractivity contribution in [2.24, 2.45) is 0 Å². The third-order valence-corrected chi connectivity index (χ3v) is 5.90. The third kappa shape index (κ3) is 5.80. The van der Waals surface area contributed by atoms with Crippen LogP contribution in [0.1, 0.15) is 31.4 Å². The largest absolute Gasteiger partial charge is 0.489 e. The number of ether oxygens (including phenoxy) is 1. The molecule has 0 atom stereocenters. The van der Waals surface area contributed by atoms with E-state index in [-0.39, 0.29) is 11.7 Å². The monoisotopic (exact) mass is 446 g/mol. The number of rotatable bonds is 8. The molecule has 2 heterocycles. The van der Waals surface area contributed by atoms with E-state index < -0.39 is 0 Å². The van der Waals surface area contributed by atoms with Crippen molar-refractivity contribution < 1.29 is 13.9 Å². The number of aryl methyl sites for hydroxylation is 1. The van der Waals surface area contributed by atoms with E-state index in [0.717, 1.165) is 21.7 Å². The summed E-state index contributed by atoms with van der Waals surface area (Å²) < 4.78 is 19.1. The number of halogens is 1. The molecule has 0 radical (unpaired) electrons. The number of hydrogen-bond donors (Lipinski definition) is 0. The number of hydrogen-bond acceptors (Lipinski definition) is 4. The molecule has 6 heteroatoms. The molecule has 0 saturated heterocycles. The van der Waals surface area contributed by atoms with Gasteiger partial charge in [0.2, 0.25) is 0 Å². The number of carbonyl (C=O) groups excluding carboxylic acids is 1. The molecule has 2 aromatic heterocycles. The number of nitrogens with zero attached hydrogens (tertiary/aromatic N) is 2. The van der Waals surface area contributed by atoms with E-state index in [4.69, 9.17) is 4.74 Å². The second-order valence-electron chi connectivity index (χ2n) is 7.46. The Kier molecular flexibility index (Phi) is 6.92. The average molecular weight is 447 g/mol. The molecule has 32 heavy (non-hydrogen) atoms. The molecule has 2 aromatic carbocycles. The van der Waals surface area contributed by atoms with Crippen LogP contribution in [-0.2, 0) is 19.7 Å². The summed E-state index contributed by atoms with van der Waals surface area (Å²) in [6.07, 6.45) is 1.73. The summed E-state index contributed by atoms with van der Waals surface area (Å²) >= 11 is 1.49. The number of pyridine rings is 1. The Labute approximate surface area is 190 Å². The van der Waals surface area contributed by atoms with Gasteiger partial charge in [0.1, 0.15) is 18.2 Å². The Morgan fingerprint density at radius 2 is 1.81 bits per heavy atom. The molecule has 0 unspecified atom stereocenters. The summed E-state index contributed by atoms with van der Waals surface area (Å²) in [6, 6.07) is 23.5. The van der Waals surface area contributed by atoms with Crippen molar-refractivity contribution in [1.29, 1.82) is 0 Å². The van der Waals surface area contributed by atoms with E-state index in [0.29, 0.717) is 30.3 Å². The first-order valence-electron chi connectivity index (χ1n) is 10.3. The lowest BCUT2D eigenvalue weighted by atomic mass is 10.2. The third-order valence-electron chi connectivity index (χ3n) is 4.91. The Morgan fingerprint density at radius 3 is 2.50 bits per heavy atom. The van der Waals surface area contributed by atoms with Gasteiger partial charge in [0.25, 0.3) is 5.91 Å². The lowest BCUT2D eigenvalue weighted by Gasteiger charge is -2.22. The summed E-state index contributed by atoms with van der Waals surface area (Å²) in [4.78, 5) is 21.2. The van der Waals surface area contributed by atoms with Gasteiger partial charge in [-0.25, -0.2) is 4.39 Å². The molecule has 162 valence electrons. The molecule has 0 aliphatic heterocycles. The van der Waals surface area contributed by atoms with Crippen LogP contribution < -0.4 is 4.74 Å². The second-order valence-corrected chi connectivity index (χ2v) is 8.74. The molecule has 0 fully saturated rings. The predicted molar refractivity (Wildman–Crippen MR) is 124 cm³/mol. The van der Waals surface area contributed by atoms with E-state index in [2.05, 4.69) is 4.98 Å². The molecule has 1 amide bonds. The van der Waals surface area contributed by atoms with Gasteiger partial charge in [0, 0.05) is 17.6 Å². The Balaban J connectivity index is 1.45. The first-order valence-corrected chi connectivity index (χ1v) is 11.1.